The van der Waals surface area contributed by atoms with Gasteiger partial charge < -0.3 is 0 Å². The number of rotatable bonds is 6. The lowest BCUT2D eigenvalue weighted by Crippen LogP contribution is -2.09. The maximum absolute atomic E-state index is 12.3. The molecule has 0 saturated heterocycles. The first-order valence-corrected chi connectivity index (χ1v) is 7.84. The van der Waals surface area contributed by atoms with E-state index in [0.717, 1.165) is 0 Å². The molecule has 3 nitrogen and oxygen atoms in total. The van der Waals surface area contributed by atoms with Gasteiger partial charge >= 0.3 is 0 Å². The van der Waals surface area contributed by atoms with Crippen LogP contribution in [-0.2, 0) is 12.8 Å². The van der Waals surface area contributed by atoms with Gasteiger partial charge in [0.1, 0.15) is 0 Å². The van der Waals surface area contributed by atoms with E-state index in [-0.39, 0.29) is 24.4 Å². The average Bonchev–Trinajstić information content (AvgIpc) is 2.63. The van der Waals surface area contributed by atoms with Crippen LogP contribution < -0.4 is 0 Å². The summed E-state index contributed by atoms with van der Waals surface area (Å²) in [4.78, 5) is 29.0. The summed E-state index contributed by atoms with van der Waals surface area (Å²) in [5.74, 6) is 0.0456. The van der Waals surface area contributed by atoms with Crippen LogP contribution in [0.2, 0.25) is 0 Å². The van der Waals surface area contributed by atoms with Crippen LogP contribution in [0.1, 0.15) is 32.1 Å². The van der Waals surface area contributed by atoms with E-state index < -0.39 is 0 Å². The van der Waals surface area contributed by atoms with Crippen molar-refractivity contribution in [2.45, 2.75) is 12.8 Å². The second-order valence-corrected chi connectivity index (χ2v) is 5.55. The van der Waals surface area contributed by atoms with Gasteiger partial charge in [-0.05, 0) is 12.1 Å². The van der Waals surface area contributed by atoms with Gasteiger partial charge in [0.05, 0.1) is 12.8 Å². The maximum atomic E-state index is 12.3. The molecule has 1 aromatic heterocycles. The lowest BCUT2D eigenvalue weighted by atomic mass is 10.0. The maximum Gasteiger partial charge on any atom is 0.168 e. The van der Waals surface area contributed by atoms with Crippen molar-refractivity contribution in [3.63, 3.8) is 0 Å². The molecule has 0 aliphatic rings. The smallest absolute Gasteiger partial charge is 0.168 e. The predicted octanol–water partition coefficient (Wildman–Crippen LogP) is 3.93. The summed E-state index contributed by atoms with van der Waals surface area (Å²) in [6.07, 6.45) is 0.467. The fourth-order valence-corrected chi connectivity index (χ4v) is 2.51. The molecule has 0 aliphatic heterocycles. The van der Waals surface area contributed by atoms with E-state index in [1.807, 2.05) is 54.6 Å². The van der Waals surface area contributed by atoms with Gasteiger partial charge in [-0.15, -0.1) is 0 Å². The summed E-state index contributed by atoms with van der Waals surface area (Å²) in [6, 6.07) is 23.8. The van der Waals surface area contributed by atoms with Gasteiger partial charge in [0.2, 0.25) is 0 Å². The highest BCUT2D eigenvalue weighted by Gasteiger charge is 2.10. The van der Waals surface area contributed by atoms with Crippen LogP contribution >= 0.6 is 0 Å². The number of nitrogens with zero attached hydrogens (tertiary/aromatic N) is 1. The Bertz CT molecular complexity index is 773. The quantitative estimate of drug-likeness (QED) is 0.647. The molecule has 0 fully saturated rings. The number of carbonyl (C=O) groups excluding carboxylic acids is 2. The van der Waals surface area contributed by atoms with Crippen LogP contribution in [0.5, 0.6) is 0 Å². The fraction of sp³-hybridized carbons (Fsp3) is 0.0952. The Morgan fingerprint density at radius 2 is 1.00 bits per heavy atom. The van der Waals surface area contributed by atoms with E-state index in [0.29, 0.717) is 22.5 Å². The number of benzene rings is 2. The molecule has 3 rings (SSSR count). The zero-order valence-corrected chi connectivity index (χ0v) is 13.2. The van der Waals surface area contributed by atoms with E-state index in [9.17, 15) is 9.59 Å². The van der Waals surface area contributed by atoms with Crippen molar-refractivity contribution >= 4 is 11.6 Å². The summed E-state index contributed by atoms with van der Waals surface area (Å²) in [5, 5.41) is 0. The number of hydrogen-bond acceptors (Lipinski definition) is 3. The summed E-state index contributed by atoms with van der Waals surface area (Å²) >= 11 is 0. The van der Waals surface area contributed by atoms with Gasteiger partial charge in [0, 0.05) is 22.5 Å². The zero-order chi connectivity index (χ0) is 16.8. The minimum absolute atomic E-state index is 0.0228. The largest absolute Gasteiger partial charge is 0.294 e. The van der Waals surface area contributed by atoms with Crippen molar-refractivity contribution in [2.24, 2.45) is 0 Å². The third-order valence-electron chi connectivity index (χ3n) is 3.74. The van der Waals surface area contributed by atoms with Crippen molar-refractivity contribution < 1.29 is 9.59 Å². The van der Waals surface area contributed by atoms with Crippen molar-refractivity contribution in [3.05, 3.63) is 101 Å². The van der Waals surface area contributed by atoms with Crippen LogP contribution in [0.3, 0.4) is 0 Å². The topological polar surface area (TPSA) is 47.0 Å². The summed E-state index contributed by atoms with van der Waals surface area (Å²) in [5.41, 5.74) is 2.71. The van der Waals surface area contributed by atoms with Crippen LogP contribution in [0.4, 0.5) is 0 Å². The van der Waals surface area contributed by atoms with E-state index in [2.05, 4.69) is 4.98 Å². The van der Waals surface area contributed by atoms with Gasteiger partial charge in [-0.1, -0.05) is 66.7 Å². The first kappa shape index (κ1) is 15.8. The highest BCUT2D eigenvalue weighted by Crippen LogP contribution is 2.09. The Labute approximate surface area is 141 Å². The van der Waals surface area contributed by atoms with Gasteiger partial charge in [-0.25, -0.2) is 0 Å². The lowest BCUT2D eigenvalue weighted by molar-refractivity contribution is 0.0986. The molecule has 3 heteroatoms. The summed E-state index contributed by atoms with van der Waals surface area (Å²) in [6.45, 7) is 0. The van der Waals surface area contributed by atoms with Crippen molar-refractivity contribution in [2.75, 3.05) is 0 Å². The molecule has 0 saturated carbocycles. The molecule has 118 valence electrons. The van der Waals surface area contributed by atoms with E-state index in [4.69, 9.17) is 0 Å². The Morgan fingerprint density at radius 1 is 0.583 bits per heavy atom. The number of ketones is 2. The van der Waals surface area contributed by atoms with Crippen LogP contribution in [0.15, 0.2) is 78.9 Å². The second-order valence-electron chi connectivity index (χ2n) is 5.55. The molecule has 0 amide bonds. The number of aromatic nitrogens is 1. The summed E-state index contributed by atoms with van der Waals surface area (Å²) < 4.78 is 0. The molecule has 0 spiro atoms. The first-order valence-electron chi connectivity index (χ1n) is 7.84. The van der Waals surface area contributed by atoms with E-state index in [1.54, 1.807) is 24.3 Å². The molecule has 3 aromatic rings. The number of Topliss-reactive ketones (excluding diaryl/α,β-unsaturated/α-hetero) is 2. The Kier molecular flexibility index (Phi) is 4.92. The first-order chi connectivity index (χ1) is 11.7. The molecule has 0 N–H and O–H groups in total. The average molecular weight is 315 g/mol. The second kappa shape index (κ2) is 7.47. The zero-order valence-electron chi connectivity index (χ0n) is 13.2. The van der Waals surface area contributed by atoms with Crippen molar-refractivity contribution in [1.29, 1.82) is 0 Å². The van der Waals surface area contributed by atoms with Crippen LogP contribution in [-0.4, -0.2) is 16.6 Å². The molecule has 1 heterocycles. The van der Waals surface area contributed by atoms with Gasteiger partial charge in [-0.3, -0.25) is 14.6 Å². The molecular formula is C21H17NO2. The Morgan fingerprint density at radius 3 is 1.42 bits per heavy atom. The fourth-order valence-electron chi connectivity index (χ4n) is 2.51. The highest BCUT2D eigenvalue weighted by molar-refractivity contribution is 5.98. The Balaban J connectivity index is 1.70. The monoisotopic (exact) mass is 315 g/mol. The number of carbonyl (C=O) groups is 2. The lowest BCUT2D eigenvalue weighted by Gasteiger charge is -2.05. The molecule has 0 unspecified atom stereocenters. The molecule has 0 bridgehead atoms. The number of pyridine rings is 1. The summed E-state index contributed by atoms with van der Waals surface area (Å²) in [7, 11) is 0. The van der Waals surface area contributed by atoms with Crippen molar-refractivity contribution in [1.82, 2.24) is 4.98 Å². The molecule has 2 aromatic carbocycles. The molecule has 0 atom stereocenters. The normalized spacial score (nSPS) is 10.3. The van der Waals surface area contributed by atoms with Crippen LogP contribution in [0.25, 0.3) is 0 Å². The van der Waals surface area contributed by atoms with Crippen molar-refractivity contribution in [3.8, 4) is 0 Å². The SMILES string of the molecule is O=C(Cc1cccc(CC(=O)c2ccccc2)n1)c1ccccc1. The third-order valence-corrected chi connectivity index (χ3v) is 3.74. The Hall–Kier alpha value is -3.07. The van der Waals surface area contributed by atoms with E-state index in [1.165, 1.54) is 0 Å². The highest BCUT2D eigenvalue weighted by atomic mass is 16.1. The predicted molar refractivity (Wildman–Crippen MR) is 93.2 cm³/mol. The van der Waals surface area contributed by atoms with Gasteiger partial charge in [0.15, 0.2) is 11.6 Å². The number of hydrogen-bond donors (Lipinski definition) is 0. The van der Waals surface area contributed by atoms with Gasteiger partial charge in [-0.2, -0.15) is 0 Å². The third kappa shape index (κ3) is 4.02. The van der Waals surface area contributed by atoms with Gasteiger partial charge in [0.25, 0.3) is 0 Å². The van der Waals surface area contributed by atoms with E-state index >= 15 is 0 Å². The molecular weight excluding hydrogens is 298 g/mol. The minimum Gasteiger partial charge on any atom is -0.294 e. The standard InChI is InChI=1S/C21H17NO2/c23-20(16-8-3-1-4-9-16)14-18-12-7-13-19(22-18)15-21(24)17-10-5-2-6-11-17/h1-13H,14-15H2. The molecule has 0 radical (unpaired) electrons. The molecule has 24 heavy (non-hydrogen) atoms. The minimum atomic E-state index is 0.0228. The van der Waals surface area contributed by atoms with Crippen LogP contribution in [0, 0.1) is 0 Å². The molecule has 0 aliphatic carbocycles.